The molecule has 0 spiro atoms. The van der Waals surface area contributed by atoms with E-state index in [2.05, 4.69) is 5.32 Å². The van der Waals surface area contributed by atoms with Crippen molar-refractivity contribution in [3.8, 4) is 0 Å². The Balaban J connectivity index is 2.21. The smallest absolute Gasteiger partial charge is 0.407 e. The van der Waals surface area contributed by atoms with Crippen LogP contribution in [0.3, 0.4) is 0 Å². The van der Waals surface area contributed by atoms with Crippen LogP contribution >= 0.6 is 0 Å². The Hall–Kier alpha value is -2.35. The van der Waals surface area contributed by atoms with E-state index in [0.29, 0.717) is 24.9 Å². The summed E-state index contributed by atoms with van der Waals surface area (Å²) in [6, 6.07) is 3.17. The SMILES string of the molecule is CC(C)(C)OC(=O)NC1CCN(C(N)=O)C(c2ccc(F)cc2CN)C1. The van der Waals surface area contributed by atoms with Crippen LogP contribution in [0.15, 0.2) is 18.2 Å². The lowest BCUT2D eigenvalue weighted by Crippen LogP contribution is -2.50. The van der Waals surface area contributed by atoms with E-state index in [1.54, 1.807) is 26.8 Å². The van der Waals surface area contributed by atoms with E-state index in [1.807, 2.05) is 0 Å². The fourth-order valence-corrected chi connectivity index (χ4v) is 3.21. The van der Waals surface area contributed by atoms with Gasteiger partial charge in [-0.3, -0.25) is 0 Å². The standard InChI is InChI=1S/C18H27FN4O3/c1-18(2,3)26-17(25)22-13-6-7-23(16(21)24)15(9-13)14-5-4-12(19)8-11(14)10-20/h4-5,8,13,15H,6-7,9-10,20H2,1-3H3,(H2,21,24)(H,22,25). The molecule has 8 heteroatoms. The number of nitrogens with two attached hydrogens (primary N) is 2. The predicted octanol–water partition coefficient (Wildman–Crippen LogP) is 2.39. The zero-order valence-electron chi connectivity index (χ0n) is 15.4. The van der Waals surface area contributed by atoms with E-state index in [-0.39, 0.29) is 24.4 Å². The first-order chi connectivity index (χ1) is 12.1. The lowest BCUT2D eigenvalue weighted by molar-refractivity contribution is 0.0468. The average molecular weight is 366 g/mol. The number of amides is 3. The number of ether oxygens (including phenoxy) is 1. The van der Waals surface area contributed by atoms with E-state index in [1.165, 1.54) is 17.0 Å². The van der Waals surface area contributed by atoms with Crippen LogP contribution in [0.4, 0.5) is 14.0 Å². The first-order valence-electron chi connectivity index (χ1n) is 8.64. The van der Waals surface area contributed by atoms with Crippen molar-refractivity contribution in [2.45, 2.75) is 57.8 Å². The summed E-state index contributed by atoms with van der Waals surface area (Å²) in [5.74, 6) is -0.390. The van der Waals surface area contributed by atoms with Gasteiger partial charge in [0.15, 0.2) is 0 Å². The van der Waals surface area contributed by atoms with Crippen molar-refractivity contribution < 1.29 is 18.7 Å². The maximum Gasteiger partial charge on any atom is 0.407 e. The number of benzene rings is 1. The molecule has 5 N–H and O–H groups in total. The second-order valence-corrected chi connectivity index (χ2v) is 7.46. The van der Waals surface area contributed by atoms with Crippen LogP contribution in [0.1, 0.15) is 50.8 Å². The van der Waals surface area contributed by atoms with Gasteiger partial charge < -0.3 is 26.4 Å². The van der Waals surface area contributed by atoms with E-state index < -0.39 is 17.7 Å². The Morgan fingerprint density at radius 1 is 1.38 bits per heavy atom. The van der Waals surface area contributed by atoms with E-state index in [4.69, 9.17) is 16.2 Å². The molecule has 1 fully saturated rings. The number of rotatable bonds is 3. The van der Waals surface area contributed by atoms with Crippen LogP contribution in [0.25, 0.3) is 0 Å². The second kappa shape index (κ2) is 7.90. The largest absolute Gasteiger partial charge is 0.444 e. The minimum absolute atomic E-state index is 0.139. The normalized spacial score (nSPS) is 20.6. The van der Waals surface area contributed by atoms with Gasteiger partial charge in [-0.15, -0.1) is 0 Å². The molecule has 1 saturated heterocycles. The molecule has 1 aromatic carbocycles. The van der Waals surface area contributed by atoms with Crippen molar-refractivity contribution in [3.05, 3.63) is 35.1 Å². The molecule has 26 heavy (non-hydrogen) atoms. The fraction of sp³-hybridized carbons (Fsp3) is 0.556. The number of likely N-dealkylation sites (tertiary alicyclic amines) is 1. The highest BCUT2D eigenvalue weighted by molar-refractivity contribution is 5.73. The minimum atomic E-state index is -0.596. The van der Waals surface area contributed by atoms with Crippen LogP contribution in [0, 0.1) is 5.82 Å². The molecule has 0 bridgehead atoms. The number of alkyl carbamates (subject to hydrolysis) is 1. The molecule has 0 saturated carbocycles. The van der Waals surface area contributed by atoms with Crippen LogP contribution in [-0.4, -0.2) is 35.2 Å². The van der Waals surface area contributed by atoms with Crippen molar-refractivity contribution in [2.75, 3.05) is 6.54 Å². The summed E-state index contributed by atoms with van der Waals surface area (Å²) in [4.78, 5) is 25.4. The third-order valence-corrected chi connectivity index (χ3v) is 4.29. The van der Waals surface area contributed by atoms with Gasteiger partial charge >= 0.3 is 12.1 Å². The average Bonchev–Trinajstić information content (AvgIpc) is 2.52. The van der Waals surface area contributed by atoms with Gasteiger partial charge in [0.2, 0.25) is 0 Å². The first-order valence-corrected chi connectivity index (χ1v) is 8.64. The topological polar surface area (TPSA) is 111 Å². The number of halogens is 1. The number of nitrogens with zero attached hydrogens (tertiary/aromatic N) is 1. The third kappa shape index (κ3) is 5.08. The van der Waals surface area contributed by atoms with Crippen LogP contribution in [-0.2, 0) is 11.3 Å². The van der Waals surface area contributed by atoms with Gasteiger partial charge in [0.05, 0.1) is 6.04 Å². The molecule has 1 heterocycles. The Kier molecular flexibility index (Phi) is 6.07. The fourth-order valence-electron chi connectivity index (χ4n) is 3.21. The minimum Gasteiger partial charge on any atom is -0.444 e. The molecule has 0 aliphatic carbocycles. The van der Waals surface area contributed by atoms with E-state index in [0.717, 1.165) is 5.56 Å². The first kappa shape index (κ1) is 20.0. The van der Waals surface area contributed by atoms with E-state index in [9.17, 15) is 14.0 Å². The summed E-state index contributed by atoms with van der Waals surface area (Å²) >= 11 is 0. The molecule has 2 rings (SSSR count). The molecular weight excluding hydrogens is 339 g/mol. The molecule has 144 valence electrons. The van der Waals surface area contributed by atoms with Gasteiger partial charge in [-0.2, -0.15) is 0 Å². The van der Waals surface area contributed by atoms with Gasteiger partial charge in [0, 0.05) is 19.1 Å². The Morgan fingerprint density at radius 3 is 2.65 bits per heavy atom. The van der Waals surface area contributed by atoms with Gasteiger partial charge in [-0.25, -0.2) is 14.0 Å². The Morgan fingerprint density at radius 2 is 2.08 bits per heavy atom. The molecule has 1 aromatic rings. The summed E-state index contributed by atoms with van der Waals surface area (Å²) in [6.07, 6.45) is 0.491. The molecule has 1 aliphatic heterocycles. The quantitative estimate of drug-likeness (QED) is 0.763. The van der Waals surface area contributed by atoms with Crippen molar-refractivity contribution in [2.24, 2.45) is 11.5 Å². The molecular formula is C18H27FN4O3. The van der Waals surface area contributed by atoms with Crippen LogP contribution < -0.4 is 16.8 Å². The summed E-state index contributed by atoms with van der Waals surface area (Å²) in [5, 5.41) is 2.84. The number of hydrogen-bond acceptors (Lipinski definition) is 4. The molecule has 1 aliphatic rings. The third-order valence-electron chi connectivity index (χ3n) is 4.29. The number of carbonyl (C=O) groups excluding carboxylic acids is 2. The Labute approximate surface area is 152 Å². The van der Waals surface area contributed by atoms with Crippen molar-refractivity contribution in [1.82, 2.24) is 10.2 Å². The maximum absolute atomic E-state index is 13.5. The number of hydrogen-bond donors (Lipinski definition) is 3. The Bertz CT molecular complexity index is 675. The lowest BCUT2D eigenvalue weighted by Gasteiger charge is -2.39. The highest BCUT2D eigenvalue weighted by atomic mass is 19.1. The highest BCUT2D eigenvalue weighted by Gasteiger charge is 2.34. The van der Waals surface area contributed by atoms with Gasteiger partial charge in [0.25, 0.3) is 0 Å². The summed E-state index contributed by atoms with van der Waals surface area (Å²) in [6.45, 7) is 5.88. The van der Waals surface area contributed by atoms with Gasteiger partial charge in [0.1, 0.15) is 11.4 Å². The summed E-state index contributed by atoms with van der Waals surface area (Å²) in [7, 11) is 0. The number of primary amides is 1. The summed E-state index contributed by atoms with van der Waals surface area (Å²) < 4.78 is 18.8. The number of nitrogens with one attached hydrogen (secondary N) is 1. The highest BCUT2D eigenvalue weighted by Crippen LogP contribution is 2.33. The van der Waals surface area contributed by atoms with Crippen LogP contribution in [0.5, 0.6) is 0 Å². The maximum atomic E-state index is 13.5. The van der Waals surface area contributed by atoms with Crippen LogP contribution in [0.2, 0.25) is 0 Å². The molecule has 2 unspecified atom stereocenters. The monoisotopic (exact) mass is 366 g/mol. The molecule has 2 atom stereocenters. The zero-order valence-corrected chi connectivity index (χ0v) is 15.4. The van der Waals surface area contributed by atoms with E-state index >= 15 is 0 Å². The lowest BCUT2D eigenvalue weighted by atomic mass is 9.89. The molecule has 0 aromatic heterocycles. The zero-order chi connectivity index (χ0) is 19.5. The number of carbonyl (C=O) groups is 2. The van der Waals surface area contributed by atoms with Crippen molar-refractivity contribution >= 4 is 12.1 Å². The second-order valence-electron chi connectivity index (χ2n) is 7.46. The predicted molar refractivity (Wildman–Crippen MR) is 95.7 cm³/mol. The van der Waals surface area contributed by atoms with Gasteiger partial charge in [-0.1, -0.05) is 6.07 Å². The van der Waals surface area contributed by atoms with Gasteiger partial charge in [-0.05, 0) is 56.9 Å². The molecule has 7 nitrogen and oxygen atoms in total. The molecule has 0 radical (unpaired) electrons. The van der Waals surface area contributed by atoms with Crippen molar-refractivity contribution in [3.63, 3.8) is 0 Å². The molecule has 3 amide bonds. The summed E-state index contributed by atoms with van der Waals surface area (Å²) in [5.41, 5.74) is 12.0. The number of piperidine rings is 1. The number of urea groups is 1. The van der Waals surface area contributed by atoms with Crippen molar-refractivity contribution in [1.29, 1.82) is 0 Å².